The van der Waals surface area contributed by atoms with Crippen molar-refractivity contribution in [1.29, 1.82) is 0 Å². The summed E-state index contributed by atoms with van der Waals surface area (Å²) in [6, 6.07) is 1.18. The van der Waals surface area contributed by atoms with Gasteiger partial charge in [-0.2, -0.15) is 0 Å². The van der Waals surface area contributed by atoms with E-state index in [0.717, 1.165) is 0 Å². The highest BCUT2D eigenvalue weighted by molar-refractivity contribution is 9.10. The molecule has 25 heavy (non-hydrogen) atoms. The lowest BCUT2D eigenvalue weighted by Crippen LogP contribution is -2.36. The topological polar surface area (TPSA) is 97.4 Å². The van der Waals surface area contributed by atoms with Crippen molar-refractivity contribution in [2.45, 2.75) is 25.8 Å². The lowest BCUT2D eigenvalue weighted by Gasteiger charge is -2.18. The lowest BCUT2D eigenvalue weighted by molar-refractivity contribution is -0.137. The zero-order valence-electron chi connectivity index (χ0n) is 13.8. The Kier molecular flexibility index (Phi) is 7.12. The second-order valence-electron chi connectivity index (χ2n) is 5.60. The third kappa shape index (κ3) is 5.97. The van der Waals surface area contributed by atoms with Crippen LogP contribution in [0.4, 0.5) is 0 Å². The van der Waals surface area contributed by atoms with Gasteiger partial charge in [0.25, 0.3) is 5.91 Å². The molecule has 1 fully saturated rings. The van der Waals surface area contributed by atoms with Crippen molar-refractivity contribution >= 4 is 33.7 Å². The highest BCUT2D eigenvalue weighted by Crippen LogP contribution is 2.17. The van der Waals surface area contributed by atoms with Gasteiger partial charge in [0.2, 0.25) is 5.91 Å². The molecule has 2 atom stereocenters. The highest BCUT2D eigenvalue weighted by Gasteiger charge is 2.27. The third-order valence-corrected chi connectivity index (χ3v) is 4.17. The maximum atomic E-state index is 12.4. The summed E-state index contributed by atoms with van der Waals surface area (Å²) in [4.78, 5) is 39.7. The number of nitrogens with zero attached hydrogens (tertiary/aromatic N) is 1. The average Bonchev–Trinajstić information content (AvgIpc) is 2.98. The Labute approximate surface area is 154 Å². The van der Waals surface area contributed by atoms with Gasteiger partial charge in [0.05, 0.1) is 12.2 Å². The van der Waals surface area contributed by atoms with Crippen LogP contribution in [0.1, 0.15) is 30.1 Å². The first kappa shape index (κ1) is 19.1. The van der Waals surface area contributed by atoms with E-state index in [1.807, 2.05) is 0 Å². The van der Waals surface area contributed by atoms with Crippen LogP contribution in [0.5, 0.6) is 0 Å². The zero-order chi connectivity index (χ0) is 18.2. The summed E-state index contributed by atoms with van der Waals surface area (Å²) in [5.41, 5.74) is 0.389. The molecular formula is C17H20BrN3O4. The molecule has 1 aromatic heterocycles. The molecule has 8 heteroatoms. The molecule has 7 nitrogen and oxygen atoms in total. The summed E-state index contributed by atoms with van der Waals surface area (Å²) in [5, 5.41) is 5.60. The van der Waals surface area contributed by atoms with E-state index in [-0.39, 0.29) is 24.3 Å². The number of ether oxygens (including phenoxy) is 1. The number of pyridine rings is 1. The third-order valence-electron chi connectivity index (χ3n) is 3.74. The van der Waals surface area contributed by atoms with Crippen molar-refractivity contribution in [3.05, 3.63) is 40.6 Å². The van der Waals surface area contributed by atoms with Gasteiger partial charge in [-0.3, -0.25) is 14.6 Å². The monoisotopic (exact) mass is 409 g/mol. The average molecular weight is 410 g/mol. The van der Waals surface area contributed by atoms with Gasteiger partial charge in [0.1, 0.15) is 0 Å². The minimum absolute atomic E-state index is 0.0343. The van der Waals surface area contributed by atoms with Crippen LogP contribution in [0.2, 0.25) is 0 Å². The minimum atomic E-state index is -0.484. The van der Waals surface area contributed by atoms with Crippen LogP contribution < -0.4 is 10.6 Å². The Balaban J connectivity index is 2.08. The normalized spacial score (nSPS) is 18.0. The molecule has 2 amide bonds. The minimum Gasteiger partial charge on any atom is -0.463 e. The second-order valence-corrected chi connectivity index (χ2v) is 6.51. The van der Waals surface area contributed by atoms with Gasteiger partial charge >= 0.3 is 5.97 Å². The van der Waals surface area contributed by atoms with Crippen molar-refractivity contribution in [1.82, 2.24) is 15.6 Å². The van der Waals surface area contributed by atoms with Gasteiger partial charge in [0.15, 0.2) is 0 Å². The molecule has 1 saturated heterocycles. The summed E-state index contributed by atoms with van der Waals surface area (Å²) in [5.74, 6) is -1.04. The molecular weight excluding hydrogens is 390 g/mol. The SMILES string of the molecule is CCOC(=O)C=C[C@H](C[C@@H]1CCNC1=O)NC(=O)c1cncc(Br)c1. The van der Waals surface area contributed by atoms with Crippen molar-refractivity contribution in [2.24, 2.45) is 5.92 Å². The van der Waals surface area contributed by atoms with Crippen molar-refractivity contribution in [3.63, 3.8) is 0 Å². The van der Waals surface area contributed by atoms with E-state index >= 15 is 0 Å². The number of rotatable bonds is 7. The molecule has 0 radical (unpaired) electrons. The van der Waals surface area contributed by atoms with E-state index in [1.165, 1.54) is 12.3 Å². The molecule has 1 aromatic rings. The van der Waals surface area contributed by atoms with Crippen molar-refractivity contribution in [2.75, 3.05) is 13.2 Å². The number of hydrogen-bond donors (Lipinski definition) is 2. The fraction of sp³-hybridized carbons (Fsp3) is 0.412. The van der Waals surface area contributed by atoms with Crippen LogP contribution in [-0.2, 0) is 14.3 Å². The molecule has 1 aliphatic heterocycles. The van der Waals surface area contributed by atoms with E-state index in [9.17, 15) is 14.4 Å². The number of halogens is 1. The van der Waals surface area contributed by atoms with Crippen molar-refractivity contribution < 1.29 is 19.1 Å². The van der Waals surface area contributed by atoms with E-state index in [2.05, 4.69) is 31.5 Å². The number of carbonyl (C=O) groups excluding carboxylic acids is 3. The first-order valence-corrected chi connectivity index (χ1v) is 8.83. The first-order chi connectivity index (χ1) is 12.0. The standard InChI is InChI=1S/C17H20BrN3O4/c1-2-25-15(22)4-3-14(8-11-5-6-20-16(11)23)21-17(24)12-7-13(18)10-19-9-12/h3-4,7,9-11,14H,2,5-6,8H2,1H3,(H,20,23)(H,21,24)/t11-,14+/m0/s1. The Morgan fingerprint density at radius 1 is 1.52 bits per heavy atom. The molecule has 2 heterocycles. The van der Waals surface area contributed by atoms with E-state index in [0.29, 0.717) is 29.4 Å². The molecule has 0 bridgehead atoms. The molecule has 2 N–H and O–H groups in total. The van der Waals surface area contributed by atoms with Gasteiger partial charge in [-0.25, -0.2) is 4.79 Å². The number of nitrogens with one attached hydrogen (secondary N) is 2. The smallest absolute Gasteiger partial charge is 0.330 e. The molecule has 0 spiro atoms. The lowest BCUT2D eigenvalue weighted by atomic mass is 9.97. The highest BCUT2D eigenvalue weighted by atomic mass is 79.9. The Bertz CT molecular complexity index is 678. The van der Waals surface area contributed by atoms with Crippen molar-refractivity contribution in [3.8, 4) is 0 Å². The van der Waals surface area contributed by atoms with E-state index in [1.54, 1.807) is 25.3 Å². The van der Waals surface area contributed by atoms with Crippen LogP contribution in [-0.4, -0.2) is 42.0 Å². The summed E-state index contributed by atoms with van der Waals surface area (Å²) in [7, 11) is 0. The summed E-state index contributed by atoms with van der Waals surface area (Å²) >= 11 is 3.27. The Morgan fingerprint density at radius 3 is 2.96 bits per heavy atom. The molecule has 2 rings (SSSR count). The maximum absolute atomic E-state index is 12.4. The second kappa shape index (κ2) is 9.31. The molecule has 1 aliphatic rings. The molecule has 0 aliphatic carbocycles. The summed E-state index contributed by atoms with van der Waals surface area (Å²) in [6.45, 7) is 2.62. The fourth-order valence-corrected chi connectivity index (χ4v) is 2.90. The summed E-state index contributed by atoms with van der Waals surface area (Å²) in [6.07, 6.45) is 6.99. The number of amides is 2. The Morgan fingerprint density at radius 2 is 2.32 bits per heavy atom. The summed E-state index contributed by atoms with van der Waals surface area (Å²) < 4.78 is 5.54. The number of hydrogen-bond acceptors (Lipinski definition) is 5. The quantitative estimate of drug-likeness (QED) is 0.526. The largest absolute Gasteiger partial charge is 0.463 e. The van der Waals surface area contributed by atoms with E-state index in [4.69, 9.17) is 4.74 Å². The van der Waals surface area contributed by atoms with Gasteiger partial charge < -0.3 is 15.4 Å². The van der Waals surface area contributed by atoms with E-state index < -0.39 is 12.0 Å². The predicted molar refractivity (Wildman–Crippen MR) is 94.7 cm³/mol. The number of esters is 1. The molecule has 134 valence electrons. The molecule has 0 aromatic carbocycles. The first-order valence-electron chi connectivity index (χ1n) is 8.03. The molecule has 0 unspecified atom stereocenters. The van der Waals surface area contributed by atoms with Gasteiger partial charge in [-0.15, -0.1) is 0 Å². The number of aromatic nitrogens is 1. The van der Waals surface area contributed by atoms with Crippen LogP contribution in [0.25, 0.3) is 0 Å². The van der Waals surface area contributed by atoms with Gasteiger partial charge in [-0.1, -0.05) is 6.08 Å². The van der Waals surface area contributed by atoms with Gasteiger partial charge in [0, 0.05) is 41.4 Å². The zero-order valence-corrected chi connectivity index (χ0v) is 15.4. The maximum Gasteiger partial charge on any atom is 0.330 e. The van der Waals surface area contributed by atoms with Crippen LogP contribution in [0.3, 0.4) is 0 Å². The van der Waals surface area contributed by atoms with Gasteiger partial charge in [-0.05, 0) is 41.8 Å². The fourth-order valence-electron chi connectivity index (χ4n) is 2.53. The molecule has 0 saturated carbocycles. The Hall–Kier alpha value is -2.22. The van der Waals surface area contributed by atoms with Crippen LogP contribution in [0, 0.1) is 5.92 Å². The number of carbonyl (C=O) groups is 3. The van der Waals surface area contributed by atoms with Crippen LogP contribution in [0.15, 0.2) is 35.1 Å². The predicted octanol–water partition coefficient (Wildman–Crippen LogP) is 1.59. The van der Waals surface area contributed by atoms with Crippen LogP contribution >= 0.6 is 15.9 Å².